The highest BCUT2D eigenvalue weighted by Gasteiger charge is 2.36. The van der Waals surface area contributed by atoms with Gasteiger partial charge in [-0.15, -0.1) is 0 Å². The molecule has 24 heavy (non-hydrogen) atoms. The van der Waals surface area contributed by atoms with Crippen LogP contribution in [-0.2, 0) is 9.84 Å². The number of rotatable bonds is 3. The van der Waals surface area contributed by atoms with Crippen LogP contribution in [0.15, 0.2) is 53.4 Å². The zero-order valence-electron chi connectivity index (χ0n) is 12.7. The first-order valence-electron chi connectivity index (χ1n) is 7.42. The van der Waals surface area contributed by atoms with Crippen molar-refractivity contribution in [1.82, 2.24) is 4.90 Å². The normalized spacial score (nSPS) is 17.9. The van der Waals surface area contributed by atoms with E-state index in [9.17, 15) is 13.2 Å². The lowest BCUT2D eigenvalue weighted by Gasteiger charge is -2.17. The van der Waals surface area contributed by atoms with Gasteiger partial charge in [0.1, 0.15) is 0 Å². The fourth-order valence-corrected chi connectivity index (χ4v) is 5.15. The average molecular weight is 476 g/mol. The molecule has 3 rings (SSSR count). The van der Waals surface area contributed by atoms with E-state index in [1.165, 1.54) is 12.1 Å². The molecular weight excluding hydrogens is 461 g/mol. The molecule has 0 aromatic heterocycles. The van der Waals surface area contributed by atoms with Gasteiger partial charge in [0, 0.05) is 27.2 Å². The number of amides is 1. The van der Waals surface area contributed by atoms with E-state index in [1.807, 2.05) is 18.2 Å². The number of likely N-dealkylation sites (tertiary alicyclic amines) is 1. The standard InChI is InChI=1S/C17H15ClINO3S/c18-13-4-6-15(7-5-13)24(22,23)16-8-9-20(11-16)17(21)12-2-1-3-14(19)10-12/h1-7,10,16H,8-9,11H2. The number of hydrogen-bond donors (Lipinski definition) is 0. The second-order valence-corrected chi connectivity index (χ2v) is 9.58. The molecule has 1 fully saturated rings. The number of hydrogen-bond acceptors (Lipinski definition) is 3. The second-order valence-electron chi connectivity index (χ2n) is 5.67. The van der Waals surface area contributed by atoms with E-state index in [0.717, 1.165) is 3.57 Å². The molecule has 1 atom stereocenters. The van der Waals surface area contributed by atoms with E-state index in [0.29, 0.717) is 23.6 Å². The first-order valence-corrected chi connectivity index (χ1v) is 10.4. The van der Waals surface area contributed by atoms with Crippen molar-refractivity contribution in [3.8, 4) is 0 Å². The first-order chi connectivity index (χ1) is 11.4. The molecular formula is C17H15ClINO3S. The van der Waals surface area contributed by atoms with Crippen LogP contribution in [0.1, 0.15) is 16.8 Å². The van der Waals surface area contributed by atoms with Crippen LogP contribution in [-0.4, -0.2) is 37.6 Å². The molecule has 0 aliphatic carbocycles. The van der Waals surface area contributed by atoms with Crippen LogP contribution in [0.2, 0.25) is 5.02 Å². The summed E-state index contributed by atoms with van der Waals surface area (Å²) in [5.74, 6) is -0.123. The van der Waals surface area contributed by atoms with Crippen molar-refractivity contribution >= 4 is 49.9 Å². The van der Waals surface area contributed by atoms with E-state index in [2.05, 4.69) is 22.6 Å². The minimum Gasteiger partial charge on any atom is -0.337 e. The van der Waals surface area contributed by atoms with Gasteiger partial charge in [0.15, 0.2) is 9.84 Å². The van der Waals surface area contributed by atoms with E-state index in [-0.39, 0.29) is 17.3 Å². The van der Waals surface area contributed by atoms with Gasteiger partial charge in [-0.25, -0.2) is 8.42 Å². The molecule has 7 heteroatoms. The van der Waals surface area contributed by atoms with Crippen molar-refractivity contribution in [3.63, 3.8) is 0 Å². The maximum absolute atomic E-state index is 12.7. The van der Waals surface area contributed by atoms with Crippen LogP contribution in [0.4, 0.5) is 0 Å². The largest absolute Gasteiger partial charge is 0.337 e. The molecule has 0 N–H and O–H groups in total. The number of halogens is 2. The summed E-state index contributed by atoms with van der Waals surface area (Å²) in [5.41, 5.74) is 0.589. The van der Waals surface area contributed by atoms with Gasteiger partial charge in [0.05, 0.1) is 10.1 Å². The lowest BCUT2D eigenvalue weighted by molar-refractivity contribution is 0.0793. The van der Waals surface area contributed by atoms with Gasteiger partial charge in [-0.3, -0.25) is 4.79 Å². The third-order valence-corrected chi connectivity index (χ3v) is 7.20. The zero-order chi connectivity index (χ0) is 17.3. The predicted molar refractivity (Wildman–Crippen MR) is 102 cm³/mol. The van der Waals surface area contributed by atoms with Crippen molar-refractivity contribution in [1.29, 1.82) is 0 Å². The Morgan fingerprint density at radius 1 is 1.17 bits per heavy atom. The van der Waals surface area contributed by atoms with Crippen molar-refractivity contribution in [2.45, 2.75) is 16.6 Å². The van der Waals surface area contributed by atoms with E-state index in [4.69, 9.17) is 11.6 Å². The summed E-state index contributed by atoms with van der Waals surface area (Å²) in [6.45, 7) is 0.664. The zero-order valence-corrected chi connectivity index (χ0v) is 16.4. The second kappa shape index (κ2) is 7.01. The Labute approximate surface area is 159 Å². The Bertz CT molecular complexity index is 868. The molecule has 4 nitrogen and oxygen atoms in total. The van der Waals surface area contributed by atoms with Gasteiger partial charge in [0.25, 0.3) is 5.91 Å². The molecule has 126 valence electrons. The van der Waals surface area contributed by atoms with Gasteiger partial charge in [-0.2, -0.15) is 0 Å². The Morgan fingerprint density at radius 2 is 1.88 bits per heavy atom. The highest BCUT2D eigenvalue weighted by Crippen LogP contribution is 2.26. The summed E-state index contributed by atoms with van der Waals surface area (Å²) in [7, 11) is -3.47. The summed E-state index contributed by atoms with van der Waals surface area (Å²) in [5, 5.41) is -0.0822. The summed E-state index contributed by atoms with van der Waals surface area (Å²) in [6.07, 6.45) is 0.445. The minimum absolute atomic E-state index is 0.123. The predicted octanol–water partition coefficient (Wildman–Crippen LogP) is 3.63. The maximum Gasteiger partial charge on any atom is 0.253 e. The molecule has 1 aliphatic rings. The quantitative estimate of drug-likeness (QED) is 0.637. The average Bonchev–Trinajstić information content (AvgIpc) is 3.05. The molecule has 1 unspecified atom stereocenters. The van der Waals surface area contributed by atoms with Crippen molar-refractivity contribution < 1.29 is 13.2 Å². The Balaban J connectivity index is 1.77. The highest BCUT2D eigenvalue weighted by molar-refractivity contribution is 14.1. The van der Waals surface area contributed by atoms with Gasteiger partial charge in [0.2, 0.25) is 0 Å². The molecule has 0 radical (unpaired) electrons. The number of nitrogens with zero attached hydrogens (tertiary/aromatic N) is 1. The molecule has 0 bridgehead atoms. The molecule has 1 heterocycles. The Morgan fingerprint density at radius 3 is 2.54 bits per heavy atom. The van der Waals surface area contributed by atoms with Crippen molar-refractivity contribution in [2.75, 3.05) is 13.1 Å². The van der Waals surface area contributed by atoms with E-state index < -0.39 is 15.1 Å². The maximum atomic E-state index is 12.7. The van der Waals surface area contributed by atoms with Crippen molar-refractivity contribution in [2.24, 2.45) is 0 Å². The third-order valence-electron chi connectivity index (χ3n) is 4.08. The van der Waals surface area contributed by atoms with Crippen LogP contribution in [0, 0.1) is 3.57 Å². The topological polar surface area (TPSA) is 54.5 Å². The number of carbonyl (C=O) groups excluding carboxylic acids is 1. The summed E-state index contributed by atoms with van der Waals surface area (Å²) >= 11 is 7.97. The number of carbonyl (C=O) groups is 1. The molecule has 1 aliphatic heterocycles. The van der Waals surface area contributed by atoms with Gasteiger partial charge in [-0.1, -0.05) is 17.7 Å². The summed E-state index contributed by atoms with van der Waals surface area (Å²) in [6, 6.07) is 13.5. The molecule has 2 aromatic rings. The fraction of sp³-hybridized carbons (Fsp3) is 0.235. The first kappa shape index (κ1) is 17.7. The van der Waals surface area contributed by atoms with Crippen molar-refractivity contribution in [3.05, 3.63) is 62.7 Å². The monoisotopic (exact) mass is 475 g/mol. The summed E-state index contributed by atoms with van der Waals surface area (Å²) in [4.78, 5) is 14.4. The molecule has 1 saturated heterocycles. The van der Waals surface area contributed by atoms with Gasteiger partial charge >= 0.3 is 0 Å². The highest BCUT2D eigenvalue weighted by atomic mass is 127. The molecule has 2 aromatic carbocycles. The Kier molecular flexibility index (Phi) is 5.17. The Hall–Kier alpha value is -1.12. The molecule has 0 saturated carbocycles. The van der Waals surface area contributed by atoms with Gasteiger partial charge in [-0.05, 0) is 71.5 Å². The van der Waals surface area contributed by atoms with Crippen LogP contribution in [0.3, 0.4) is 0 Å². The van der Waals surface area contributed by atoms with Crippen LogP contribution in [0.25, 0.3) is 0 Å². The van der Waals surface area contributed by atoms with Crippen LogP contribution >= 0.6 is 34.2 Å². The van der Waals surface area contributed by atoms with Crippen LogP contribution < -0.4 is 0 Å². The van der Waals surface area contributed by atoms with E-state index in [1.54, 1.807) is 23.1 Å². The summed E-state index contributed by atoms with van der Waals surface area (Å²) < 4.78 is 26.4. The van der Waals surface area contributed by atoms with E-state index >= 15 is 0 Å². The minimum atomic E-state index is -3.47. The van der Waals surface area contributed by atoms with Crippen LogP contribution in [0.5, 0.6) is 0 Å². The smallest absolute Gasteiger partial charge is 0.253 e. The number of benzene rings is 2. The fourth-order valence-electron chi connectivity index (χ4n) is 2.79. The molecule has 0 spiro atoms. The molecule has 1 amide bonds. The lowest BCUT2D eigenvalue weighted by atomic mass is 10.2. The third kappa shape index (κ3) is 3.60. The lowest BCUT2D eigenvalue weighted by Crippen LogP contribution is -2.32. The SMILES string of the molecule is O=C(c1cccc(I)c1)N1CCC(S(=O)(=O)c2ccc(Cl)cc2)C1. The number of sulfone groups is 1. The van der Waals surface area contributed by atoms with Gasteiger partial charge < -0.3 is 4.90 Å².